The van der Waals surface area contributed by atoms with Crippen LogP contribution < -0.4 is 4.90 Å². The Morgan fingerprint density at radius 2 is 1.86 bits per heavy atom. The number of aromatic nitrogens is 1. The van der Waals surface area contributed by atoms with Crippen LogP contribution in [-0.4, -0.2) is 20.8 Å². The number of phenolic OH excluding ortho intramolecular Hbond substituents is 1. The molecule has 106 valence electrons. The molecule has 5 nitrogen and oxygen atoms in total. The molecule has 1 N–H and O–H groups in total. The van der Waals surface area contributed by atoms with E-state index in [1.54, 1.807) is 6.08 Å². The summed E-state index contributed by atoms with van der Waals surface area (Å²) in [5.74, 6) is -0.262. The maximum atomic E-state index is 12.4. The van der Waals surface area contributed by atoms with E-state index in [1.807, 2.05) is 29.9 Å². The van der Waals surface area contributed by atoms with Gasteiger partial charge in [0.15, 0.2) is 0 Å². The smallest absolute Gasteiger partial charge is 0.298 e. The van der Waals surface area contributed by atoms with Crippen molar-refractivity contribution < 1.29 is 14.7 Å². The van der Waals surface area contributed by atoms with Crippen molar-refractivity contribution in [1.29, 1.82) is 0 Å². The van der Waals surface area contributed by atoms with Crippen molar-refractivity contribution in [2.75, 3.05) is 4.90 Å². The molecule has 0 unspecified atom stereocenters. The fourth-order valence-corrected chi connectivity index (χ4v) is 2.88. The molecule has 0 atom stereocenters. The quantitative estimate of drug-likeness (QED) is 0.866. The van der Waals surface area contributed by atoms with Gasteiger partial charge in [-0.05, 0) is 54.2 Å². The van der Waals surface area contributed by atoms with Gasteiger partial charge in [0.05, 0.1) is 10.6 Å². The summed E-state index contributed by atoms with van der Waals surface area (Å²) in [5.41, 5.74) is 1.30. The first-order valence-electron chi connectivity index (χ1n) is 6.24. The van der Waals surface area contributed by atoms with Gasteiger partial charge in [-0.2, -0.15) is 0 Å². The number of rotatable bonds is 2. The summed E-state index contributed by atoms with van der Waals surface area (Å²) >= 11 is 0.910. The van der Waals surface area contributed by atoms with Crippen LogP contribution in [0.1, 0.15) is 5.69 Å². The number of thioether (sulfide) groups is 1. The number of imide groups is 1. The third kappa shape index (κ3) is 2.45. The average Bonchev–Trinajstić information content (AvgIpc) is 2.97. The van der Waals surface area contributed by atoms with E-state index >= 15 is 0 Å². The molecule has 21 heavy (non-hydrogen) atoms. The maximum absolute atomic E-state index is 12.4. The molecular weight excluding hydrogens is 288 g/mol. The summed E-state index contributed by atoms with van der Waals surface area (Å²) in [6.07, 6.45) is 3.57. The topological polar surface area (TPSA) is 62.5 Å². The van der Waals surface area contributed by atoms with Crippen molar-refractivity contribution in [1.82, 2.24) is 4.57 Å². The molecule has 1 saturated heterocycles. The lowest BCUT2D eigenvalue weighted by molar-refractivity contribution is -0.113. The molecule has 0 radical (unpaired) electrons. The maximum Gasteiger partial charge on any atom is 0.298 e. The second-order valence-corrected chi connectivity index (χ2v) is 5.57. The van der Waals surface area contributed by atoms with Gasteiger partial charge < -0.3 is 9.67 Å². The molecule has 1 fully saturated rings. The molecule has 1 aliphatic heterocycles. The van der Waals surface area contributed by atoms with Crippen molar-refractivity contribution in [3.8, 4) is 5.75 Å². The van der Waals surface area contributed by atoms with E-state index in [0.717, 1.165) is 22.4 Å². The van der Waals surface area contributed by atoms with Gasteiger partial charge in [0.2, 0.25) is 0 Å². The van der Waals surface area contributed by atoms with Crippen LogP contribution >= 0.6 is 11.8 Å². The molecule has 1 aromatic heterocycles. The number of aromatic hydroxyl groups is 1. The molecule has 3 rings (SSSR count). The first-order chi connectivity index (χ1) is 10.1. The third-order valence-corrected chi connectivity index (χ3v) is 4.03. The molecule has 0 saturated carbocycles. The second kappa shape index (κ2) is 5.14. The molecule has 2 heterocycles. The average molecular weight is 300 g/mol. The van der Waals surface area contributed by atoms with Gasteiger partial charge in [-0.3, -0.25) is 9.59 Å². The third-order valence-electron chi connectivity index (χ3n) is 3.16. The minimum absolute atomic E-state index is 0.0880. The van der Waals surface area contributed by atoms with Crippen LogP contribution in [0.5, 0.6) is 5.75 Å². The number of anilines is 1. The Morgan fingerprint density at radius 3 is 2.48 bits per heavy atom. The van der Waals surface area contributed by atoms with Crippen molar-refractivity contribution >= 4 is 34.7 Å². The number of hydrogen-bond acceptors (Lipinski definition) is 4. The predicted molar refractivity (Wildman–Crippen MR) is 82.0 cm³/mol. The number of nitrogens with zero attached hydrogens (tertiary/aromatic N) is 2. The number of amides is 2. The summed E-state index contributed by atoms with van der Waals surface area (Å²) in [5, 5.41) is 8.94. The molecule has 1 aliphatic rings. The Morgan fingerprint density at radius 1 is 1.14 bits per heavy atom. The Kier molecular flexibility index (Phi) is 3.31. The number of hydrogen-bond donors (Lipinski definition) is 1. The summed E-state index contributed by atoms with van der Waals surface area (Å²) in [6, 6.07) is 9.71. The van der Waals surface area contributed by atoms with Crippen molar-refractivity contribution in [3.05, 3.63) is 53.2 Å². The van der Waals surface area contributed by atoms with Crippen LogP contribution in [0.25, 0.3) is 6.08 Å². The predicted octanol–water partition coefficient (Wildman–Crippen LogP) is 2.97. The monoisotopic (exact) mass is 300 g/mol. The first-order valence-corrected chi connectivity index (χ1v) is 7.06. The SMILES string of the molecule is Cn1cccc1/C=C1/SC(=O)N(c2ccc(O)cc2)C1=O. The zero-order chi connectivity index (χ0) is 15.0. The molecule has 0 spiro atoms. The molecule has 6 heteroatoms. The first kappa shape index (κ1) is 13.5. The molecular formula is C15H12N2O3S. The van der Waals surface area contributed by atoms with Gasteiger partial charge in [-0.15, -0.1) is 0 Å². The van der Waals surface area contributed by atoms with Crippen molar-refractivity contribution in [3.63, 3.8) is 0 Å². The fraction of sp³-hybridized carbons (Fsp3) is 0.0667. The van der Waals surface area contributed by atoms with E-state index in [-0.39, 0.29) is 16.9 Å². The summed E-state index contributed by atoms with van der Waals surface area (Å²) in [4.78, 5) is 25.9. The number of carbonyl (C=O) groups excluding carboxylic acids is 2. The molecule has 1 aromatic carbocycles. The Labute approximate surface area is 125 Å². The summed E-state index contributed by atoms with van der Waals surface area (Å²) in [6.45, 7) is 0. The van der Waals surface area contributed by atoms with Crippen LogP contribution in [-0.2, 0) is 11.8 Å². The standard InChI is InChI=1S/C15H12N2O3S/c1-16-8-2-3-11(16)9-13-14(19)17(15(20)21-13)10-4-6-12(18)7-5-10/h2-9,18H,1H3/b13-9+. The van der Waals surface area contributed by atoms with Gasteiger partial charge in [-0.1, -0.05) is 0 Å². The lowest BCUT2D eigenvalue weighted by Gasteiger charge is -2.12. The zero-order valence-corrected chi connectivity index (χ0v) is 12.0. The van der Waals surface area contributed by atoms with E-state index in [1.165, 1.54) is 24.3 Å². The van der Waals surface area contributed by atoms with Crippen molar-refractivity contribution in [2.24, 2.45) is 7.05 Å². The van der Waals surface area contributed by atoms with Crippen LogP contribution in [0.15, 0.2) is 47.5 Å². The normalized spacial score (nSPS) is 17.0. The Hall–Kier alpha value is -2.47. The highest BCUT2D eigenvalue weighted by Crippen LogP contribution is 2.36. The number of aryl methyl sites for hydroxylation is 1. The van der Waals surface area contributed by atoms with Crippen LogP contribution in [0.4, 0.5) is 10.5 Å². The minimum Gasteiger partial charge on any atom is -0.508 e. The highest BCUT2D eigenvalue weighted by atomic mass is 32.2. The lowest BCUT2D eigenvalue weighted by atomic mass is 10.2. The van der Waals surface area contributed by atoms with Crippen LogP contribution in [0.3, 0.4) is 0 Å². The zero-order valence-electron chi connectivity index (χ0n) is 11.2. The minimum atomic E-state index is -0.350. The Bertz CT molecular complexity index is 747. The van der Waals surface area contributed by atoms with E-state index < -0.39 is 0 Å². The van der Waals surface area contributed by atoms with E-state index in [9.17, 15) is 14.7 Å². The molecule has 0 bridgehead atoms. The second-order valence-electron chi connectivity index (χ2n) is 4.58. The summed E-state index contributed by atoms with van der Waals surface area (Å²) in [7, 11) is 1.87. The van der Waals surface area contributed by atoms with Gasteiger partial charge >= 0.3 is 0 Å². The van der Waals surface area contributed by atoms with Crippen molar-refractivity contribution in [2.45, 2.75) is 0 Å². The highest BCUT2D eigenvalue weighted by Gasteiger charge is 2.36. The molecule has 0 aliphatic carbocycles. The van der Waals surface area contributed by atoms with Crippen LogP contribution in [0, 0.1) is 0 Å². The number of phenols is 1. The van der Waals surface area contributed by atoms with E-state index in [4.69, 9.17) is 0 Å². The molecule has 2 aromatic rings. The summed E-state index contributed by atoms with van der Waals surface area (Å²) < 4.78 is 1.87. The highest BCUT2D eigenvalue weighted by molar-refractivity contribution is 8.19. The molecule has 2 amide bonds. The number of carbonyl (C=O) groups is 2. The van der Waals surface area contributed by atoms with Gasteiger partial charge in [-0.25, -0.2) is 4.90 Å². The van der Waals surface area contributed by atoms with E-state index in [2.05, 4.69) is 0 Å². The van der Waals surface area contributed by atoms with Gasteiger partial charge in [0, 0.05) is 18.9 Å². The lowest BCUT2D eigenvalue weighted by Crippen LogP contribution is -2.27. The van der Waals surface area contributed by atoms with Gasteiger partial charge in [0.1, 0.15) is 5.75 Å². The van der Waals surface area contributed by atoms with Crippen LogP contribution in [0.2, 0.25) is 0 Å². The Balaban J connectivity index is 1.94. The van der Waals surface area contributed by atoms with Gasteiger partial charge in [0.25, 0.3) is 11.1 Å². The largest absolute Gasteiger partial charge is 0.508 e. The fourth-order valence-electron chi connectivity index (χ4n) is 2.05. The van der Waals surface area contributed by atoms with E-state index in [0.29, 0.717) is 10.6 Å². The number of benzene rings is 1.